The van der Waals surface area contributed by atoms with Gasteiger partial charge in [-0.1, -0.05) is 12.1 Å². The second kappa shape index (κ2) is 11.0. The van der Waals surface area contributed by atoms with Crippen LogP contribution in [0.2, 0.25) is 0 Å². The molecular formula is C18H27IN4O2S2. The standard InChI is InChI=1S/C18H26N4O2S2.HI/c1-4-20-18(22-13(2)10-16-9-8-14(3)25-16)21-12-15-6-5-7-17(11-15)26(19,23)24;/h5-9,11,13H,4,10,12H2,1-3H3,(H2,19,23,24)(H2,20,21,22);1H. The van der Waals surface area contributed by atoms with Crippen LogP contribution in [0.4, 0.5) is 0 Å². The molecule has 6 nitrogen and oxygen atoms in total. The van der Waals surface area contributed by atoms with Gasteiger partial charge in [0.2, 0.25) is 10.0 Å². The fourth-order valence-electron chi connectivity index (χ4n) is 2.49. The molecule has 2 aromatic rings. The van der Waals surface area contributed by atoms with Gasteiger partial charge in [0.1, 0.15) is 0 Å². The number of guanidine groups is 1. The fourth-order valence-corrected chi connectivity index (χ4v) is 4.10. The lowest BCUT2D eigenvalue weighted by molar-refractivity contribution is 0.597. The number of halogens is 1. The maximum atomic E-state index is 11.5. The summed E-state index contributed by atoms with van der Waals surface area (Å²) in [6, 6.07) is 11.1. The van der Waals surface area contributed by atoms with Crippen LogP contribution in [0, 0.1) is 6.92 Å². The van der Waals surface area contributed by atoms with Crippen molar-refractivity contribution in [3.63, 3.8) is 0 Å². The van der Waals surface area contributed by atoms with Crippen molar-refractivity contribution in [2.24, 2.45) is 10.1 Å². The van der Waals surface area contributed by atoms with E-state index in [0.29, 0.717) is 12.5 Å². The summed E-state index contributed by atoms with van der Waals surface area (Å²) >= 11 is 1.80. The highest BCUT2D eigenvalue weighted by Gasteiger charge is 2.09. The van der Waals surface area contributed by atoms with E-state index in [9.17, 15) is 8.42 Å². The summed E-state index contributed by atoms with van der Waals surface area (Å²) in [5.74, 6) is 0.703. The Kier molecular flexibility index (Phi) is 9.71. The summed E-state index contributed by atoms with van der Waals surface area (Å²) in [6.45, 7) is 7.33. The predicted molar refractivity (Wildman–Crippen MR) is 123 cm³/mol. The number of nitrogens with zero attached hydrogens (tertiary/aromatic N) is 1. The zero-order chi connectivity index (χ0) is 19.2. The maximum Gasteiger partial charge on any atom is 0.238 e. The number of sulfonamides is 1. The molecule has 1 aromatic carbocycles. The fraction of sp³-hybridized carbons (Fsp3) is 0.389. The Hall–Kier alpha value is -1.17. The molecule has 0 bridgehead atoms. The first-order chi connectivity index (χ1) is 12.3. The van der Waals surface area contributed by atoms with E-state index in [0.717, 1.165) is 18.5 Å². The molecule has 4 N–H and O–H groups in total. The largest absolute Gasteiger partial charge is 0.357 e. The number of nitrogens with two attached hydrogens (primary N) is 1. The van der Waals surface area contributed by atoms with Crippen molar-refractivity contribution in [3.8, 4) is 0 Å². The molecule has 150 valence electrons. The zero-order valence-corrected chi connectivity index (χ0v) is 19.7. The molecule has 2 rings (SSSR count). The van der Waals surface area contributed by atoms with Crippen molar-refractivity contribution in [2.75, 3.05) is 6.54 Å². The van der Waals surface area contributed by atoms with Crippen molar-refractivity contribution in [2.45, 2.75) is 44.7 Å². The highest BCUT2D eigenvalue weighted by molar-refractivity contribution is 14.0. The van der Waals surface area contributed by atoms with Crippen LogP contribution in [0.1, 0.15) is 29.2 Å². The molecule has 1 atom stereocenters. The molecule has 27 heavy (non-hydrogen) atoms. The Morgan fingerprint density at radius 2 is 2.04 bits per heavy atom. The van der Waals surface area contributed by atoms with Gasteiger partial charge in [-0.2, -0.15) is 0 Å². The van der Waals surface area contributed by atoms with E-state index in [1.165, 1.54) is 15.8 Å². The minimum atomic E-state index is -3.70. The molecule has 0 spiro atoms. The summed E-state index contributed by atoms with van der Waals surface area (Å²) in [4.78, 5) is 7.30. The Bertz CT molecular complexity index is 866. The lowest BCUT2D eigenvalue weighted by Crippen LogP contribution is -2.43. The Morgan fingerprint density at radius 1 is 1.30 bits per heavy atom. The number of hydrogen-bond acceptors (Lipinski definition) is 4. The van der Waals surface area contributed by atoms with E-state index in [4.69, 9.17) is 5.14 Å². The second-order valence-corrected chi connectivity index (χ2v) is 9.08. The van der Waals surface area contributed by atoms with Gasteiger partial charge >= 0.3 is 0 Å². The molecule has 0 fully saturated rings. The average Bonchev–Trinajstić information content (AvgIpc) is 2.97. The van der Waals surface area contributed by atoms with Crippen molar-refractivity contribution >= 4 is 51.3 Å². The third-order valence-corrected chi connectivity index (χ3v) is 5.61. The van der Waals surface area contributed by atoms with Crippen LogP contribution < -0.4 is 15.8 Å². The number of aliphatic imine (C=N–C) groups is 1. The molecule has 0 saturated heterocycles. The first-order valence-corrected chi connectivity index (χ1v) is 10.9. The molecule has 0 aliphatic rings. The molecule has 1 aromatic heterocycles. The topological polar surface area (TPSA) is 96.6 Å². The maximum absolute atomic E-state index is 11.5. The second-order valence-electron chi connectivity index (χ2n) is 6.15. The van der Waals surface area contributed by atoms with Crippen LogP contribution in [0.15, 0.2) is 46.3 Å². The molecule has 0 aliphatic carbocycles. The summed E-state index contributed by atoms with van der Waals surface area (Å²) in [6.07, 6.45) is 0.920. The summed E-state index contributed by atoms with van der Waals surface area (Å²) in [5.41, 5.74) is 0.787. The van der Waals surface area contributed by atoms with E-state index in [1.807, 2.05) is 13.0 Å². The number of aryl methyl sites for hydroxylation is 1. The average molecular weight is 522 g/mol. The lowest BCUT2D eigenvalue weighted by atomic mass is 10.2. The molecule has 0 aliphatic heterocycles. The number of hydrogen-bond donors (Lipinski definition) is 3. The molecule has 9 heteroatoms. The van der Waals surface area contributed by atoms with Crippen LogP contribution in [-0.2, 0) is 23.0 Å². The first-order valence-electron chi connectivity index (χ1n) is 8.50. The van der Waals surface area contributed by atoms with Gasteiger partial charge in [-0.25, -0.2) is 18.5 Å². The Labute approximate surface area is 182 Å². The zero-order valence-electron chi connectivity index (χ0n) is 15.7. The van der Waals surface area contributed by atoms with Crippen LogP contribution >= 0.6 is 35.3 Å². The van der Waals surface area contributed by atoms with E-state index in [1.54, 1.807) is 23.5 Å². The molecule has 1 heterocycles. The third kappa shape index (κ3) is 8.16. The predicted octanol–water partition coefficient (Wildman–Crippen LogP) is 3.01. The van der Waals surface area contributed by atoms with Crippen LogP contribution in [0.5, 0.6) is 0 Å². The first kappa shape index (κ1) is 23.9. The van der Waals surface area contributed by atoms with Crippen molar-refractivity contribution in [1.82, 2.24) is 10.6 Å². The quantitative estimate of drug-likeness (QED) is 0.296. The SMILES string of the molecule is CCNC(=NCc1cccc(S(N)(=O)=O)c1)NC(C)Cc1ccc(C)s1.I. The van der Waals surface area contributed by atoms with Crippen LogP contribution in [-0.4, -0.2) is 27.0 Å². The molecule has 0 radical (unpaired) electrons. The van der Waals surface area contributed by atoms with E-state index >= 15 is 0 Å². The van der Waals surface area contributed by atoms with Gasteiger partial charge in [0.15, 0.2) is 5.96 Å². The molecule has 0 saturated carbocycles. The van der Waals surface area contributed by atoms with E-state index in [-0.39, 0.29) is 34.9 Å². The monoisotopic (exact) mass is 522 g/mol. The smallest absolute Gasteiger partial charge is 0.238 e. The summed E-state index contributed by atoms with van der Waals surface area (Å²) < 4.78 is 22.9. The number of primary sulfonamides is 1. The van der Waals surface area contributed by atoms with Gasteiger partial charge in [-0.3, -0.25) is 0 Å². The molecular weight excluding hydrogens is 495 g/mol. The number of rotatable bonds is 7. The van der Waals surface area contributed by atoms with Gasteiger partial charge in [-0.05, 0) is 50.6 Å². The molecule has 0 amide bonds. The summed E-state index contributed by atoms with van der Waals surface area (Å²) in [5, 5.41) is 11.8. The number of thiophene rings is 1. The Balaban J connectivity index is 0.00000364. The third-order valence-electron chi connectivity index (χ3n) is 3.68. The summed E-state index contributed by atoms with van der Waals surface area (Å²) in [7, 11) is -3.70. The van der Waals surface area contributed by atoms with Crippen molar-refractivity contribution < 1.29 is 8.42 Å². The van der Waals surface area contributed by atoms with Gasteiger partial charge in [-0.15, -0.1) is 35.3 Å². The lowest BCUT2D eigenvalue weighted by Gasteiger charge is -2.17. The van der Waals surface area contributed by atoms with Crippen molar-refractivity contribution in [1.29, 1.82) is 0 Å². The minimum absolute atomic E-state index is 0. The van der Waals surface area contributed by atoms with Gasteiger partial charge < -0.3 is 10.6 Å². The number of benzene rings is 1. The van der Waals surface area contributed by atoms with Gasteiger partial charge in [0.25, 0.3) is 0 Å². The Morgan fingerprint density at radius 3 is 2.63 bits per heavy atom. The molecule has 1 unspecified atom stereocenters. The van der Waals surface area contributed by atoms with Crippen LogP contribution in [0.25, 0.3) is 0 Å². The highest BCUT2D eigenvalue weighted by Crippen LogP contribution is 2.16. The van der Waals surface area contributed by atoms with Crippen LogP contribution in [0.3, 0.4) is 0 Å². The highest BCUT2D eigenvalue weighted by atomic mass is 127. The van der Waals surface area contributed by atoms with Gasteiger partial charge in [0.05, 0.1) is 11.4 Å². The van der Waals surface area contributed by atoms with Crippen molar-refractivity contribution in [3.05, 3.63) is 51.7 Å². The van der Waals surface area contributed by atoms with Gasteiger partial charge in [0, 0.05) is 28.8 Å². The van der Waals surface area contributed by atoms with E-state index < -0.39 is 10.0 Å². The normalized spacial score (nSPS) is 13.0. The van der Waals surface area contributed by atoms with E-state index in [2.05, 4.69) is 41.6 Å². The minimum Gasteiger partial charge on any atom is -0.357 e. The number of nitrogens with one attached hydrogen (secondary N) is 2.